The molecule has 0 radical (unpaired) electrons. The monoisotopic (exact) mass is 489 g/mol. The van der Waals surface area contributed by atoms with Crippen LogP contribution in [0.15, 0.2) is 9.70 Å². The minimum atomic E-state index is -0.923. The molecule has 11 heteroatoms. The Kier molecular flexibility index (Phi) is 7.94. The quantitative estimate of drug-likeness (QED) is 0.453. The fourth-order valence-electron chi connectivity index (χ4n) is 4.08. The third-order valence-corrected chi connectivity index (χ3v) is 7.39. The summed E-state index contributed by atoms with van der Waals surface area (Å²) in [4.78, 5) is 43.0. The first kappa shape index (κ1) is 25.0. The van der Waals surface area contributed by atoms with Crippen LogP contribution in [0.2, 0.25) is 0 Å². The highest BCUT2D eigenvalue weighted by Gasteiger charge is 2.33. The van der Waals surface area contributed by atoms with Crippen molar-refractivity contribution in [1.29, 1.82) is 5.26 Å². The van der Waals surface area contributed by atoms with Crippen molar-refractivity contribution in [3.63, 3.8) is 0 Å². The molecule has 0 bridgehead atoms. The topological polar surface area (TPSA) is 110 Å². The number of nitrogens with zero attached hydrogens (tertiary/aromatic N) is 5. The van der Waals surface area contributed by atoms with Gasteiger partial charge in [0.15, 0.2) is 0 Å². The number of thioether (sulfide) groups is 1. The molecule has 0 spiro atoms. The molecule has 1 aromatic heterocycles. The van der Waals surface area contributed by atoms with Gasteiger partial charge in [0.25, 0.3) is 11.5 Å². The van der Waals surface area contributed by atoms with Crippen molar-refractivity contribution in [3.8, 4) is 6.07 Å². The van der Waals surface area contributed by atoms with E-state index in [-0.39, 0.29) is 30.0 Å². The second-order valence-corrected chi connectivity index (χ2v) is 9.64. The normalized spacial score (nSPS) is 18.3. The lowest BCUT2D eigenvalue weighted by Gasteiger charge is -2.37. The number of rotatable bonds is 7. The molecule has 0 aromatic carbocycles. The molecule has 1 amide bonds. The van der Waals surface area contributed by atoms with Crippen LogP contribution in [0.1, 0.15) is 36.5 Å². The smallest absolute Gasteiger partial charge is 0.303 e. The van der Waals surface area contributed by atoms with Crippen LogP contribution in [0.5, 0.6) is 0 Å². The minimum Gasteiger partial charge on any atom is -0.481 e. The third-order valence-electron chi connectivity index (χ3n) is 6.01. The summed E-state index contributed by atoms with van der Waals surface area (Å²) in [5, 5.41) is 18.5. The summed E-state index contributed by atoms with van der Waals surface area (Å²) in [5.74, 6) is -0.527. The number of carboxylic acids is 1. The molecule has 0 atom stereocenters. The van der Waals surface area contributed by atoms with Crippen molar-refractivity contribution >= 4 is 52.1 Å². The minimum absolute atomic E-state index is 0.0462. The zero-order valence-corrected chi connectivity index (χ0v) is 20.6. The van der Waals surface area contributed by atoms with E-state index < -0.39 is 5.97 Å². The molecule has 0 saturated carbocycles. The summed E-state index contributed by atoms with van der Waals surface area (Å²) in [6.45, 7) is 8.19. The van der Waals surface area contributed by atoms with Gasteiger partial charge in [-0.2, -0.15) is 5.26 Å². The standard InChI is InChI=1S/C22H27N5O4S2/c1-4-25-8-10-26(11-9-25)19-15(14(2)16(13-23)20(30)24(19)3)12-17-21(31)27(22(32)33-17)7-5-6-18(28)29/h12H,4-11H2,1-3H3,(H,28,29). The summed E-state index contributed by atoms with van der Waals surface area (Å²) < 4.78 is 1.87. The number of pyridine rings is 1. The van der Waals surface area contributed by atoms with Crippen LogP contribution >= 0.6 is 24.0 Å². The molecule has 2 aliphatic heterocycles. The van der Waals surface area contributed by atoms with Gasteiger partial charge in [0, 0.05) is 51.8 Å². The van der Waals surface area contributed by atoms with E-state index >= 15 is 0 Å². The van der Waals surface area contributed by atoms with Gasteiger partial charge in [0.1, 0.15) is 21.8 Å². The highest BCUT2D eigenvalue weighted by Crippen LogP contribution is 2.36. The van der Waals surface area contributed by atoms with Gasteiger partial charge in [-0.25, -0.2) is 0 Å². The van der Waals surface area contributed by atoms with Crippen molar-refractivity contribution in [3.05, 3.63) is 31.9 Å². The number of piperazine rings is 1. The Morgan fingerprint density at radius 3 is 2.52 bits per heavy atom. The Labute approximate surface area is 202 Å². The molecular weight excluding hydrogens is 462 g/mol. The van der Waals surface area contributed by atoms with E-state index in [4.69, 9.17) is 17.3 Å². The molecule has 2 fully saturated rings. The zero-order chi connectivity index (χ0) is 24.3. The first-order valence-electron chi connectivity index (χ1n) is 10.8. The van der Waals surface area contributed by atoms with Gasteiger partial charge in [-0.05, 0) is 31.5 Å². The Balaban J connectivity index is 2.02. The second kappa shape index (κ2) is 10.5. The molecule has 0 unspecified atom stereocenters. The van der Waals surface area contributed by atoms with Gasteiger partial charge in [-0.3, -0.25) is 23.9 Å². The van der Waals surface area contributed by atoms with Crippen molar-refractivity contribution in [2.24, 2.45) is 7.05 Å². The number of thiocarbonyl (C=S) groups is 1. The van der Waals surface area contributed by atoms with Gasteiger partial charge in [-0.1, -0.05) is 30.9 Å². The van der Waals surface area contributed by atoms with Crippen LogP contribution in [-0.2, 0) is 16.6 Å². The molecule has 9 nitrogen and oxygen atoms in total. The first-order valence-corrected chi connectivity index (χ1v) is 12.0. The molecule has 2 aliphatic rings. The third kappa shape index (κ3) is 5.13. The molecule has 176 valence electrons. The van der Waals surface area contributed by atoms with E-state index in [1.54, 1.807) is 20.0 Å². The maximum absolute atomic E-state index is 13.0. The molecule has 33 heavy (non-hydrogen) atoms. The molecule has 3 rings (SSSR count). The van der Waals surface area contributed by atoms with E-state index in [1.807, 2.05) is 6.07 Å². The lowest BCUT2D eigenvalue weighted by atomic mass is 10.0. The number of likely N-dealkylation sites (N-methyl/N-ethyl adjacent to an activating group) is 1. The Morgan fingerprint density at radius 2 is 1.94 bits per heavy atom. The average Bonchev–Trinajstić information content (AvgIpc) is 3.05. The van der Waals surface area contributed by atoms with Gasteiger partial charge in [-0.15, -0.1) is 0 Å². The number of carbonyl (C=O) groups is 2. The lowest BCUT2D eigenvalue weighted by Crippen LogP contribution is -2.48. The summed E-state index contributed by atoms with van der Waals surface area (Å²) >= 11 is 6.51. The molecule has 1 aromatic rings. The molecule has 2 saturated heterocycles. The molecular formula is C22H27N5O4S2. The van der Waals surface area contributed by atoms with Crippen molar-refractivity contribution < 1.29 is 14.7 Å². The van der Waals surface area contributed by atoms with Gasteiger partial charge in [0.2, 0.25) is 0 Å². The number of carboxylic acid groups (broad SMARTS) is 1. The van der Waals surface area contributed by atoms with E-state index in [1.165, 1.54) is 9.47 Å². The predicted molar refractivity (Wildman–Crippen MR) is 132 cm³/mol. The molecule has 1 N–H and O–H groups in total. The van der Waals surface area contributed by atoms with E-state index in [9.17, 15) is 19.6 Å². The first-order chi connectivity index (χ1) is 15.7. The van der Waals surface area contributed by atoms with Crippen LogP contribution in [0.25, 0.3) is 6.08 Å². The van der Waals surface area contributed by atoms with E-state index in [2.05, 4.69) is 16.7 Å². The number of anilines is 1. The Bertz CT molecular complexity index is 1110. The molecule has 3 heterocycles. The summed E-state index contributed by atoms with van der Waals surface area (Å²) in [6.07, 6.45) is 1.97. The predicted octanol–water partition coefficient (Wildman–Crippen LogP) is 1.77. The van der Waals surface area contributed by atoms with Gasteiger partial charge in [0.05, 0.1) is 4.91 Å². The van der Waals surface area contributed by atoms with E-state index in [0.717, 1.165) is 44.5 Å². The number of nitriles is 1. The maximum Gasteiger partial charge on any atom is 0.303 e. The molecule has 0 aliphatic carbocycles. The van der Waals surface area contributed by atoms with Crippen LogP contribution in [-0.4, -0.2) is 74.9 Å². The van der Waals surface area contributed by atoms with Crippen LogP contribution < -0.4 is 10.5 Å². The number of aromatic nitrogens is 1. The fourth-order valence-corrected chi connectivity index (χ4v) is 5.37. The number of carbonyl (C=O) groups excluding carboxylic acids is 1. The average molecular weight is 490 g/mol. The van der Waals surface area contributed by atoms with Crippen molar-refractivity contribution in [2.75, 3.05) is 44.2 Å². The lowest BCUT2D eigenvalue weighted by molar-refractivity contribution is -0.137. The Morgan fingerprint density at radius 1 is 1.27 bits per heavy atom. The number of hydrogen-bond donors (Lipinski definition) is 1. The van der Waals surface area contributed by atoms with Gasteiger partial charge >= 0.3 is 5.97 Å². The SMILES string of the molecule is CCN1CCN(c2c(C=C3SC(=S)N(CCCC(=O)O)C3=O)c(C)c(C#N)c(=O)n2C)CC1. The van der Waals surface area contributed by atoms with Crippen LogP contribution in [0.3, 0.4) is 0 Å². The summed E-state index contributed by atoms with van der Waals surface area (Å²) in [5.41, 5.74) is 0.882. The Hall–Kier alpha value is -2.68. The maximum atomic E-state index is 13.0. The van der Waals surface area contributed by atoms with Crippen LogP contribution in [0, 0.1) is 18.3 Å². The highest BCUT2D eigenvalue weighted by molar-refractivity contribution is 8.26. The number of hydrogen-bond acceptors (Lipinski definition) is 8. The van der Waals surface area contributed by atoms with Crippen molar-refractivity contribution in [1.82, 2.24) is 14.4 Å². The number of amides is 1. The highest BCUT2D eigenvalue weighted by atomic mass is 32.2. The summed E-state index contributed by atoms with van der Waals surface area (Å²) in [7, 11) is 1.65. The van der Waals surface area contributed by atoms with Gasteiger partial charge < -0.3 is 14.9 Å². The largest absolute Gasteiger partial charge is 0.481 e. The van der Waals surface area contributed by atoms with Crippen molar-refractivity contribution in [2.45, 2.75) is 26.7 Å². The number of aliphatic carboxylic acids is 1. The fraction of sp³-hybridized carbons (Fsp3) is 0.500. The second-order valence-electron chi connectivity index (χ2n) is 7.97. The zero-order valence-electron chi connectivity index (χ0n) is 19.0. The van der Waals surface area contributed by atoms with Crippen LogP contribution in [0.4, 0.5) is 5.82 Å². The summed E-state index contributed by atoms with van der Waals surface area (Å²) in [6, 6.07) is 2.01. The van der Waals surface area contributed by atoms with E-state index in [0.29, 0.717) is 32.6 Å².